The predicted octanol–water partition coefficient (Wildman–Crippen LogP) is 2.87. The van der Waals surface area contributed by atoms with Crippen LogP contribution < -0.4 is 5.32 Å². The van der Waals surface area contributed by atoms with Gasteiger partial charge in [-0.25, -0.2) is 0 Å². The van der Waals surface area contributed by atoms with Crippen molar-refractivity contribution in [2.45, 2.75) is 26.2 Å². The summed E-state index contributed by atoms with van der Waals surface area (Å²) in [4.78, 5) is 22.6. The van der Waals surface area contributed by atoms with Crippen molar-refractivity contribution in [1.29, 1.82) is 0 Å². The highest BCUT2D eigenvalue weighted by Gasteiger charge is 2.04. The Bertz CT molecular complexity index is 619. The third kappa shape index (κ3) is 4.19. The van der Waals surface area contributed by atoms with Crippen molar-refractivity contribution in [2.24, 2.45) is 0 Å². The Labute approximate surface area is 119 Å². The van der Waals surface area contributed by atoms with Gasteiger partial charge in [-0.15, -0.1) is 0 Å². The normalized spacial score (nSPS) is 10.4. The van der Waals surface area contributed by atoms with Crippen molar-refractivity contribution in [1.82, 2.24) is 5.32 Å². The standard InChI is InChI=1S/C17H19NO2/c1-13(19)18-10-4-7-17(20)12-14-8-9-15-5-2-3-6-16(15)11-14/h2-3,5-6,8-9,11H,4,7,10,12H2,1H3,(H,18,19). The molecule has 0 bridgehead atoms. The number of fused-ring (bicyclic) bond motifs is 1. The quantitative estimate of drug-likeness (QED) is 0.820. The lowest BCUT2D eigenvalue weighted by Crippen LogP contribution is -2.21. The first-order valence-electron chi connectivity index (χ1n) is 6.89. The minimum atomic E-state index is -0.0491. The molecule has 104 valence electrons. The molecule has 2 aromatic carbocycles. The highest BCUT2D eigenvalue weighted by molar-refractivity contribution is 5.86. The number of rotatable bonds is 6. The number of carbonyl (C=O) groups is 2. The average Bonchev–Trinajstić information content (AvgIpc) is 2.43. The largest absolute Gasteiger partial charge is 0.356 e. The fourth-order valence-corrected chi connectivity index (χ4v) is 2.21. The van der Waals surface area contributed by atoms with Crippen molar-refractivity contribution in [3.05, 3.63) is 48.0 Å². The number of benzene rings is 2. The topological polar surface area (TPSA) is 46.2 Å². The lowest BCUT2D eigenvalue weighted by molar-refractivity contribution is -0.120. The molecule has 0 aliphatic rings. The van der Waals surface area contributed by atoms with E-state index in [9.17, 15) is 9.59 Å². The van der Waals surface area contributed by atoms with Gasteiger partial charge in [0.25, 0.3) is 0 Å². The summed E-state index contributed by atoms with van der Waals surface area (Å²) in [5.41, 5.74) is 1.05. The van der Waals surface area contributed by atoms with E-state index in [4.69, 9.17) is 0 Å². The molecule has 0 spiro atoms. The molecule has 0 saturated heterocycles. The lowest BCUT2D eigenvalue weighted by atomic mass is 10.0. The number of amides is 1. The molecular formula is C17H19NO2. The molecule has 1 amide bonds. The molecule has 0 radical (unpaired) electrons. The van der Waals surface area contributed by atoms with E-state index in [2.05, 4.69) is 29.6 Å². The van der Waals surface area contributed by atoms with Gasteiger partial charge >= 0.3 is 0 Å². The van der Waals surface area contributed by atoms with Crippen molar-refractivity contribution >= 4 is 22.5 Å². The van der Waals surface area contributed by atoms with Crippen LogP contribution in [0.2, 0.25) is 0 Å². The molecule has 20 heavy (non-hydrogen) atoms. The van der Waals surface area contributed by atoms with Crippen LogP contribution >= 0.6 is 0 Å². The Morgan fingerprint density at radius 3 is 2.55 bits per heavy atom. The van der Waals surface area contributed by atoms with Gasteiger partial charge in [-0.3, -0.25) is 9.59 Å². The van der Waals surface area contributed by atoms with Gasteiger partial charge in [0.05, 0.1) is 0 Å². The number of nitrogens with one attached hydrogen (secondary N) is 1. The second kappa shape index (κ2) is 6.85. The van der Waals surface area contributed by atoms with Crippen LogP contribution in [0, 0.1) is 0 Å². The van der Waals surface area contributed by atoms with E-state index in [0.717, 1.165) is 10.9 Å². The van der Waals surface area contributed by atoms with E-state index >= 15 is 0 Å². The Balaban J connectivity index is 1.88. The minimum Gasteiger partial charge on any atom is -0.356 e. The maximum atomic E-state index is 11.9. The van der Waals surface area contributed by atoms with Crippen LogP contribution in [0.4, 0.5) is 0 Å². The Morgan fingerprint density at radius 2 is 1.80 bits per heavy atom. The van der Waals surface area contributed by atoms with Crippen LogP contribution in [0.5, 0.6) is 0 Å². The number of Topliss-reactive ketones (excluding diaryl/α,β-unsaturated/α-hetero) is 1. The second-order valence-electron chi connectivity index (χ2n) is 4.98. The van der Waals surface area contributed by atoms with E-state index in [1.807, 2.05) is 18.2 Å². The molecule has 0 aromatic heterocycles. The van der Waals surface area contributed by atoms with E-state index < -0.39 is 0 Å². The summed E-state index contributed by atoms with van der Waals surface area (Å²) in [5, 5.41) is 5.05. The summed E-state index contributed by atoms with van der Waals surface area (Å²) in [6, 6.07) is 14.3. The summed E-state index contributed by atoms with van der Waals surface area (Å²) in [6.07, 6.45) is 1.67. The Hall–Kier alpha value is -2.16. The SMILES string of the molecule is CC(=O)NCCCC(=O)Cc1ccc2ccccc2c1. The Kier molecular flexibility index (Phi) is 4.88. The van der Waals surface area contributed by atoms with E-state index in [1.54, 1.807) is 0 Å². The smallest absolute Gasteiger partial charge is 0.216 e. The molecule has 0 saturated carbocycles. The molecule has 0 atom stereocenters. The van der Waals surface area contributed by atoms with Crippen LogP contribution in [-0.4, -0.2) is 18.2 Å². The third-order valence-corrected chi connectivity index (χ3v) is 3.22. The summed E-state index contributed by atoms with van der Waals surface area (Å²) in [6.45, 7) is 2.05. The van der Waals surface area contributed by atoms with Gasteiger partial charge in [0.2, 0.25) is 5.91 Å². The summed E-state index contributed by atoms with van der Waals surface area (Å²) >= 11 is 0. The van der Waals surface area contributed by atoms with Gasteiger partial charge in [-0.1, -0.05) is 42.5 Å². The van der Waals surface area contributed by atoms with Crippen LogP contribution in [0.3, 0.4) is 0 Å². The average molecular weight is 269 g/mol. The van der Waals surface area contributed by atoms with Crippen molar-refractivity contribution in [3.8, 4) is 0 Å². The summed E-state index contributed by atoms with van der Waals surface area (Å²) in [7, 11) is 0. The van der Waals surface area contributed by atoms with E-state index in [1.165, 1.54) is 12.3 Å². The maximum Gasteiger partial charge on any atom is 0.216 e. The molecule has 0 aliphatic carbocycles. The molecule has 0 fully saturated rings. The highest BCUT2D eigenvalue weighted by Crippen LogP contribution is 2.16. The number of hydrogen-bond acceptors (Lipinski definition) is 2. The van der Waals surface area contributed by atoms with E-state index in [-0.39, 0.29) is 11.7 Å². The second-order valence-corrected chi connectivity index (χ2v) is 4.98. The zero-order valence-corrected chi connectivity index (χ0v) is 11.7. The van der Waals surface area contributed by atoms with E-state index in [0.29, 0.717) is 25.8 Å². The first-order chi connectivity index (χ1) is 9.65. The minimum absolute atomic E-state index is 0.0491. The Morgan fingerprint density at radius 1 is 1.05 bits per heavy atom. The number of hydrogen-bond donors (Lipinski definition) is 1. The molecule has 2 aromatic rings. The fraction of sp³-hybridized carbons (Fsp3) is 0.294. The van der Waals surface area contributed by atoms with Crippen LogP contribution in [0.15, 0.2) is 42.5 Å². The number of carbonyl (C=O) groups excluding carboxylic acids is 2. The first-order valence-corrected chi connectivity index (χ1v) is 6.89. The van der Waals surface area contributed by atoms with Gasteiger partial charge in [0, 0.05) is 26.3 Å². The zero-order valence-electron chi connectivity index (χ0n) is 11.7. The van der Waals surface area contributed by atoms with Crippen molar-refractivity contribution in [3.63, 3.8) is 0 Å². The van der Waals surface area contributed by atoms with Gasteiger partial charge in [-0.2, -0.15) is 0 Å². The van der Waals surface area contributed by atoms with Crippen LogP contribution in [-0.2, 0) is 16.0 Å². The zero-order chi connectivity index (χ0) is 14.4. The highest BCUT2D eigenvalue weighted by atomic mass is 16.1. The van der Waals surface area contributed by atoms with Gasteiger partial charge in [-0.05, 0) is 22.8 Å². The molecular weight excluding hydrogens is 250 g/mol. The molecule has 3 heteroatoms. The molecule has 3 nitrogen and oxygen atoms in total. The fourth-order valence-electron chi connectivity index (χ4n) is 2.21. The van der Waals surface area contributed by atoms with Gasteiger partial charge < -0.3 is 5.32 Å². The lowest BCUT2D eigenvalue weighted by Gasteiger charge is -2.04. The summed E-state index contributed by atoms with van der Waals surface area (Å²) in [5.74, 6) is 0.164. The molecule has 0 heterocycles. The number of ketones is 1. The van der Waals surface area contributed by atoms with Crippen molar-refractivity contribution in [2.75, 3.05) is 6.54 Å². The molecule has 0 unspecified atom stereocenters. The first kappa shape index (κ1) is 14.3. The molecule has 0 aliphatic heterocycles. The molecule has 2 rings (SSSR count). The van der Waals surface area contributed by atoms with Crippen LogP contribution in [0.1, 0.15) is 25.3 Å². The summed E-state index contributed by atoms with van der Waals surface area (Å²) < 4.78 is 0. The van der Waals surface area contributed by atoms with Gasteiger partial charge in [0.1, 0.15) is 5.78 Å². The monoisotopic (exact) mass is 269 g/mol. The van der Waals surface area contributed by atoms with Crippen molar-refractivity contribution < 1.29 is 9.59 Å². The predicted molar refractivity (Wildman–Crippen MR) is 80.6 cm³/mol. The van der Waals surface area contributed by atoms with Crippen LogP contribution in [0.25, 0.3) is 10.8 Å². The third-order valence-electron chi connectivity index (χ3n) is 3.22. The maximum absolute atomic E-state index is 11.9. The van der Waals surface area contributed by atoms with Gasteiger partial charge in [0.15, 0.2) is 0 Å². The molecule has 1 N–H and O–H groups in total.